The first-order valence-electron chi connectivity index (χ1n) is 6.18. The number of nitrogens with two attached hydrogens (primary N) is 1. The SMILES string of the molecule is CC1(CNC2(CN)CCS(=O)(=O)C2)CCCO1. The van der Waals surface area contributed by atoms with Gasteiger partial charge in [0.15, 0.2) is 9.84 Å². The summed E-state index contributed by atoms with van der Waals surface area (Å²) >= 11 is 0. The Balaban J connectivity index is 1.97. The van der Waals surface area contributed by atoms with Crippen molar-refractivity contribution in [2.24, 2.45) is 5.73 Å². The molecular weight excluding hydrogens is 240 g/mol. The third-order valence-electron chi connectivity index (χ3n) is 3.92. The second kappa shape index (κ2) is 4.50. The van der Waals surface area contributed by atoms with Crippen LogP contribution in [0.3, 0.4) is 0 Å². The van der Waals surface area contributed by atoms with Crippen LogP contribution in [0, 0.1) is 0 Å². The molecule has 2 heterocycles. The second-order valence-electron chi connectivity index (χ2n) is 5.58. The molecule has 0 aliphatic carbocycles. The van der Waals surface area contributed by atoms with Crippen LogP contribution in [0.5, 0.6) is 0 Å². The van der Waals surface area contributed by atoms with Gasteiger partial charge in [0.1, 0.15) is 0 Å². The topological polar surface area (TPSA) is 81.4 Å². The van der Waals surface area contributed by atoms with Crippen LogP contribution < -0.4 is 11.1 Å². The normalized spacial score (nSPS) is 40.8. The van der Waals surface area contributed by atoms with Crippen molar-refractivity contribution < 1.29 is 13.2 Å². The lowest BCUT2D eigenvalue weighted by molar-refractivity contribution is 0.0155. The number of sulfone groups is 1. The van der Waals surface area contributed by atoms with E-state index in [-0.39, 0.29) is 17.1 Å². The minimum absolute atomic E-state index is 0.158. The summed E-state index contributed by atoms with van der Waals surface area (Å²) in [4.78, 5) is 0. The molecule has 100 valence electrons. The van der Waals surface area contributed by atoms with E-state index in [1.807, 2.05) is 0 Å². The maximum Gasteiger partial charge on any atom is 0.152 e. The van der Waals surface area contributed by atoms with E-state index >= 15 is 0 Å². The summed E-state index contributed by atoms with van der Waals surface area (Å²) in [5.41, 5.74) is 5.16. The zero-order chi connectivity index (χ0) is 12.6. The molecule has 2 atom stereocenters. The largest absolute Gasteiger partial charge is 0.374 e. The summed E-state index contributed by atoms with van der Waals surface area (Å²) in [6.45, 7) is 3.91. The van der Waals surface area contributed by atoms with Gasteiger partial charge in [-0.3, -0.25) is 0 Å². The molecule has 2 saturated heterocycles. The highest BCUT2D eigenvalue weighted by Gasteiger charge is 2.42. The van der Waals surface area contributed by atoms with E-state index in [0.717, 1.165) is 19.4 Å². The Hall–Kier alpha value is -0.170. The lowest BCUT2D eigenvalue weighted by Gasteiger charge is -2.33. The molecule has 0 amide bonds. The summed E-state index contributed by atoms with van der Waals surface area (Å²) < 4.78 is 28.8. The van der Waals surface area contributed by atoms with E-state index in [0.29, 0.717) is 19.5 Å². The van der Waals surface area contributed by atoms with Gasteiger partial charge in [-0.1, -0.05) is 0 Å². The van der Waals surface area contributed by atoms with Crippen LogP contribution in [0.2, 0.25) is 0 Å². The van der Waals surface area contributed by atoms with Gasteiger partial charge in [-0.05, 0) is 26.2 Å². The first-order chi connectivity index (χ1) is 7.89. The van der Waals surface area contributed by atoms with E-state index in [2.05, 4.69) is 12.2 Å². The maximum absolute atomic E-state index is 11.6. The van der Waals surface area contributed by atoms with Crippen molar-refractivity contribution in [3.8, 4) is 0 Å². The Morgan fingerprint density at radius 3 is 2.65 bits per heavy atom. The highest BCUT2D eigenvalue weighted by Crippen LogP contribution is 2.27. The van der Waals surface area contributed by atoms with Gasteiger partial charge in [-0.15, -0.1) is 0 Å². The van der Waals surface area contributed by atoms with Crippen LogP contribution in [0.4, 0.5) is 0 Å². The molecule has 0 saturated carbocycles. The van der Waals surface area contributed by atoms with Crippen molar-refractivity contribution in [3.05, 3.63) is 0 Å². The molecule has 0 bridgehead atoms. The summed E-state index contributed by atoms with van der Waals surface area (Å²) in [5, 5.41) is 3.35. The molecule has 2 unspecified atom stereocenters. The predicted octanol–water partition coefficient (Wildman–Crippen LogP) is -0.339. The Morgan fingerprint density at radius 1 is 1.41 bits per heavy atom. The van der Waals surface area contributed by atoms with Gasteiger partial charge in [-0.25, -0.2) is 8.42 Å². The average Bonchev–Trinajstić information content (AvgIpc) is 2.82. The highest BCUT2D eigenvalue weighted by molar-refractivity contribution is 7.91. The Labute approximate surface area is 103 Å². The van der Waals surface area contributed by atoms with Crippen LogP contribution in [0.1, 0.15) is 26.2 Å². The first-order valence-corrected chi connectivity index (χ1v) is 8.00. The van der Waals surface area contributed by atoms with E-state index in [9.17, 15) is 8.42 Å². The molecule has 0 aromatic carbocycles. The van der Waals surface area contributed by atoms with Crippen LogP contribution in [0.25, 0.3) is 0 Å². The molecule has 17 heavy (non-hydrogen) atoms. The third-order valence-corrected chi connectivity index (χ3v) is 5.73. The number of nitrogens with one attached hydrogen (secondary N) is 1. The molecule has 2 aliphatic heterocycles. The zero-order valence-electron chi connectivity index (χ0n) is 10.4. The average molecular weight is 262 g/mol. The minimum atomic E-state index is -2.91. The smallest absolute Gasteiger partial charge is 0.152 e. The molecule has 5 nitrogen and oxygen atoms in total. The monoisotopic (exact) mass is 262 g/mol. The fourth-order valence-corrected chi connectivity index (χ4v) is 4.69. The Morgan fingerprint density at radius 2 is 2.18 bits per heavy atom. The molecule has 2 fully saturated rings. The van der Waals surface area contributed by atoms with Crippen LogP contribution in [-0.2, 0) is 14.6 Å². The van der Waals surface area contributed by atoms with Gasteiger partial charge in [0, 0.05) is 25.2 Å². The van der Waals surface area contributed by atoms with Gasteiger partial charge in [0.25, 0.3) is 0 Å². The number of rotatable bonds is 4. The van der Waals surface area contributed by atoms with Crippen molar-refractivity contribution in [3.63, 3.8) is 0 Å². The van der Waals surface area contributed by atoms with Gasteiger partial charge in [0.2, 0.25) is 0 Å². The van der Waals surface area contributed by atoms with E-state index in [1.54, 1.807) is 0 Å². The van der Waals surface area contributed by atoms with Crippen molar-refractivity contribution >= 4 is 9.84 Å². The van der Waals surface area contributed by atoms with Gasteiger partial charge in [0.05, 0.1) is 17.1 Å². The molecule has 0 aromatic rings. The fraction of sp³-hybridized carbons (Fsp3) is 1.00. The summed E-state index contributed by atoms with van der Waals surface area (Å²) in [6.07, 6.45) is 2.71. The maximum atomic E-state index is 11.6. The fourth-order valence-electron chi connectivity index (χ4n) is 2.64. The van der Waals surface area contributed by atoms with Gasteiger partial charge in [-0.2, -0.15) is 0 Å². The molecule has 0 aromatic heterocycles. The minimum Gasteiger partial charge on any atom is -0.374 e. The molecular formula is C11H22N2O3S. The van der Waals surface area contributed by atoms with E-state index in [1.165, 1.54) is 0 Å². The van der Waals surface area contributed by atoms with Gasteiger partial charge < -0.3 is 15.8 Å². The first kappa shape index (κ1) is 13.3. The lowest BCUT2D eigenvalue weighted by Crippen LogP contribution is -2.56. The van der Waals surface area contributed by atoms with Crippen molar-refractivity contribution in [2.75, 3.05) is 31.2 Å². The number of hydrogen-bond donors (Lipinski definition) is 2. The highest BCUT2D eigenvalue weighted by atomic mass is 32.2. The lowest BCUT2D eigenvalue weighted by atomic mass is 9.96. The number of ether oxygens (including phenoxy) is 1. The molecule has 6 heteroatoms. The molecule has 0 radical (unpaired) electrons. The second-order valence-corrected chi connectivity index (χ2v) is 7.77. The predicted molar refractivity (Wildman–Crippen MR) is 66.6 cm³/mol. The third kappa shape index (κ3) is 2.99. The molecule has 2 aliphatic rings. The molecule has 0 spiro atoms. The van der Waals surface area contributed by atoms with Gasteiger partial charge >= 0.3 is 0 Å². The van der Waals surface area contributed by atoms with Crippen molar-refractivity contribution in [1.82, 2.24) is 5.32 Å². The molecule has 3 N–H and O–H groups in total. The summed E-state index contributed by atoms with van der Waals surface area (Å²) in [7, 11) is -2.91. The summed E-state index contributed by atoms with van der Waals surface area (Å²) in [6, 6.07) is 0. The standard InChI is InChI=1S/C11H22N2O3S/c1-10(3-2-5-16-10)8-13-11(7-12)4-6-17(14,15)9-11/h13H,2-9,12H2,1H3. The molecule has 2 rings (SSSR count). The van der Waals surface area contributed by atoms with Crippen LogP contribution in [0.15, 0.2) is 0 Å². The Bertz CT molecular complexity index is 376. The zero-order valence-corrected chi connectivity index (χ0v) is 11.2. The van der Waals surface area contributed by atoms with E-state index in [4.69, 9.17) is 10.5 Å². The van der Waals surface area contributed by atoms with Crippen LogP contribution >= 0.6 is 0 Å². The number of hydrogen-bond acceptors (Lipinski definition) is 5. The van der Waals surface area contributed by atoms with Crippen molar-refractivity contribution in [2.45, 2.75) is 37.3 Å². The quantitative estimate of drug-likeness (QED) is 0.724. The van der Waals surface area contributed by atoms with Crippen LogP contribution in [-0.4, -0.2) is 50.8 Å². The van der Waals surface area contributed by atoms with E-state index < -0.39 is 15.4 Å². The Kier molecular flexibility index (Phi) is 3.51. The van der Waals surface area contributed by atoms with Crippen molar-refractivity contribution in [1.29, 1.82) is 0 Å². The summed E-state index contributed by atoms with van der Waals surface area (Å²) in [5.74, 6) is 0.404.